The normalized spacial score (nSPS) is 21.4. The van der Waals surface area contributed by atoms with E-state index in [1.807, 2.05) is 18.2 Å². The van der Waals surface area contributed by atoms with Gasteiger partial charge in [0.15, 0.2) is 0 Å². The zero-order valence-electron chi connectivity index (χ0n) is 8.16. The lowest BCUT2D eigenvalue weighted by Gasteiger charge is -2.22. The minimum atomic E-state index is 0.468. The van der Waals surface area contributed by atoms with Crippen LogP contribution in [0.3, 0.4) is 0 Å². The molecule has 1 aliphatic heterocycles. The number of benzene rings is 1. The number of hydrogen-bond donors (Lipinski definition) is 1. The van der Waals surface area contributed by atoms with Crippen LogP contribution < -0.4 is 5.32 Å². The van der Waals surface area contributed by atoms with Crippen LogP contribution >= 0.6 is 12.2 Å². The standard InChI is InChI=1S/C12H13NS/c1-9-7-8-11(12(14)13-9)10-5-3-2-4-6-10/h2-6,8-9H,7H2,1H3,(H,13,14)/t9-/m1/s1. The molecule has 2 heteroatoms. The van der Waals surface area contributed by atoms with Gasteiger partial charge in [-0.05, 0) is 18.9 Å². The molecule has 1 atom stereocenters. The summed E-state index contributed by atoms with van der Waals surface area (Å²) in [6, 6.07) is 10.8. The van der Waals surface area contributed by atoms with Crippen molar-refractivity contribution in [2.24, 2.45) is 0 Å². The van der Waals surface area contributed by atoms with E-state index in [4.69, 9.17) is 12.2 Å². The van der Waals surface area contributed by atoms with Crippen molar-refractivity contribution < 1.29 is 0 Å². The SMILES string of the molecule is C[C@@H]1CC=C(c2ccccc2)C(=S)N1. The average Bonchev–Trinajstić information content (AvgIpc) is 2.19. The van der Waals surface area contributed by atoms with Crippen LogP contribution in [0, 0.1) is 0 Å². The number of rotatable bonds is 1. The van der Waals surface area contributed by atoms with E-state index in [0.717, 1.165) is 11.4 Å². The highest BCUT2D eigenvalue weighted by atomic mass is 32.1. The van der Waals surface area contributed by atoms with Gasteiger partial charge in [0.2, 0.25) is 0 Å². The van der Waals surface area contributed by atoms with Gasteiger partial charge in [-0.15, -0.1) is 0 Å². The van der Waals surface area contributed by atoms with Crippen molar-refractivity contribution in [2.75, 3.05) is 0 Å². The van der Waals surface area contributed by atoms with Gasteiger partial charge in [-0.25, -0.2) is 0 Å². The van der Waals surface area contributed by atoms with E-state index < -0.39 is 0 Å². The molecule has 0 bridgehead atoms. The molecule has 1 heterocycles. The first kappa shape index (κ1) is 9.41. The smallest absolute Gasteiger partial charge is 0.107 e. The van der Waals surface area contributed by atoms with Crippen LogP contribution in [0.25, 0.3) is 5.57 Å². The van der Waals surface area contributed by atoms with Gasteiger partial charge in [-0.3, -0.25) is 0 Å². The van der Waals surface area contributed by atoms with Gasteiger partial charge in [-0.2, -0.15) is 0 Å². The molecule has 2 rings (SSSR count). The molecule has 1 aliphatic rings. The van der Waals surface area contributed by atoms with Gasteiger partial charge in [0.25, 0.3) is 0 Å². The maximum absolute atomic E-state index is 5.31. The Balaban J connectivity index is 2.32. The van der Waals surface area contributed by atoms with E-state index in [1.54, 1.807) is 0 Å². The monoisotopic (exact) mass is 203 g/mol. The van der Waals surface area contributed by atoms with Gasteiger partial charge < -0.3 is 5.32 Å². The first-order valence-electron chi connectivity index (χ1n) is 4.84. The van der Waals surface area contributed by atoms with Crippen LogP contribution in [0.4, 0.5) is 0 Å². The largest absolute Gasteiger partial charge is 0.373 e. The van der Waals surface area contributed by atoms with E-state index in [1.165, 1.54) is 11.1 Å². The van der Waals surface area contributed by atoms with Crippen LogP contribution in [0.1, 0.15) is 18.9 Å². The lowest BCUT2D eigenvalue weighted by molar-refractivity contribution is 0.673. The van der Waals surface area contributed by atoms with Crippen molar-refractivity contribution in [1.82, 2.24) is 5.32 Å². The van der Waals surface area contributed by atoms with Gasteiger partial charge in [0.1, 0.15) is 4.99 Å². The van der Waals surface area contributed by atoms with Crippen molar-refractivity contribution in [3.05, 3.63) is 42.0 Å². The predicted molar refractivity (Wildman–Crippen MR) is 64.2 cm³/mol. The molecule has 0 fully saturated rings. The highest BCUT2D eigenvalue weighted by molar-refractivity contribution is 7.81. The molecule has 0 aliphatic carbocycles. The zero-order chi connectivity index (χ0) is 9.97. The van der Waals surface area contributed by atoms with Crippen LogP contribution in [0.5, 0.6) is 0 Å². The van der Waals surface area contributed by atoms with E-state index >= 15 is 0 Å². The second-order valence-corrected chi connectivity index (χ2v) is 4.00. The molecule has 0 unspecified atom stereocenters. The lowest BCUT2D eigenvalue weighted by atomic mass is 10.00. The van der Waals surface area contributed by atoms with E-state index in [2.05, 4.69) is 30.4 Å². The highest BCUT2D eigenvalue weighted by Gasteiger charge is 2.14. The third kappa shape index (κ3) is 1.85. The molecule has 1 aromatic rings. The van der Waals surface area contributed by atoms with Crippen molar-refractivity contribution in [3.63, 3.8) is 0 Å². The molecule has 1 nitrogen and oxygen atoms in total. The Morgan fingerprint density at radius 3 is 2.64 bits per heavy atom. The second kappa shape index (κ2) is 3.93. The quantitative estimate of drug-likeness (QED) is 0.704. The molecule has 1 aromatic carbocycles. The number of thiocarbonyl (C=S) groups is 1. The minimum absolute atomic E-state index is 0.468. The van der Waals surface area contributed by atoms with Gasteiger partial charge in [-0.1, -0.05) is 48.6 Å². The first-order chi connectivity index (χ1) is 6.77. The second-order valence-electron chi connectivity index (χ2n) is 3.59. The third-order valence-electron chi connectivity index (χ3n) is 2.38. The molecule has 72 valence electrons. The summed E-state index contributed by atoms with van der Waals surface area (Å²) in [5, 5.41) is 3.29. The maximum Gasteiger partial charge on any atom is 0.107 e. The highest BCUT2D eigenvalue weighted by Crippen LogP contribution is 2.20. The van der Waals surface area contributed by atoms with Gasteiger partial charge >= 0.3 is 0 Å². The van der Waals surface area contributed by atoms with Gasteiger partial charge in [0, 0.05) is 11.6 Å². The van der Waals surface area contributed by atoms with Crippen molar-refractivity contribution in [1.29, 1.82) is 0 Å². The van der Waals surface area contributed by atoms with Crippen LogP contribution in [-0.4, -0.2) is 11.0 Å². The fourth-order valence-corrected chi connectivity index (χ4v) is 2.02. The Hall–Kier alpha value is -1.15. The predicted octanol–water partition coefficient (Wildman–Crippen LogP) is 2.78. The Kier molecular flexibility index (Phi) is 2.64. The number of nitrogens with one attached hydrogen (secondary N) is 1. The zero-order valence-corrected chi connectivity index (χ0v) is 8.97. The molecule has 0 radical (unpaired) electrons. The Bertz CT molecular complexity index is 367. The molecule has 0 spiro atoms. The summed E-state index contributed by atoms with van der Waals surface area (Å²) >= 11 is 5.31. The summed E-state index contributed by atoms with van der Waals surface area (Å²) in [4.78, 5) is 0.870. The molecule has 0 aromatic heterocycles. The fraction of sp³-hybridized carbons (Fsp3) is 0.250. The van der Waals surface area contributed by atoms with Crippen molar-refractivity contribution in [2.45, 2.75) is 19.4 Å². The summed E-state index contributed by atoms with van der Waals surface area (Å²) < 4.78 is 0. The Morgan fingerprint density at radius 2 is 2.00 bits per heavy atom. The van der Waals surface area contributed by atoms with E-state index in [-0.39, 0.29) is 0 Å². The maximum atomic E-state index is 5.31. The molecular formula is C12H13NS. The summed E-state index contributed by atoms with van der Waals surface area (Å²) in [5.74, 6) is 0. The molecule has 14 heavy (non-hydrogen) atoms. The van der Waals surface area contributed by atoms with Gasteiger partial charge in [0.05, 0.1) is 0 Å². The van der Waals surface area contributed by atoms with Crippen molar-refractivity contribution >= 4 is 22.8 Å². The Morgan fingerprint density at radius 1 is 1.29 bits per heavy atom. The van der Waals surface area contributed by atoms with E-state index in [9.17, 15) is 0 Å². The average molecular weight is 203 g/mol. The van der Waals surface area contributed by atoms with Crippen LogP contribution in [0.2, 0.25) is 0 Å². The lowest BCUT2D eigenvalue weighted by Crippen LogP contribution is -2.34. The van der Waals surface area contributed by atoms with E-state index in [0.29, 0.717) is 6.04 Å². The minimum Gasteiger partial charge on any atom is -0.373 e. The summed E-state index contributed by atoms with van der Waals surface area (Å²) in [6.07, 6.45) is 3.27. The summed E-state index contributed by atoms with van der Waals surface area (Å²) in [6.45, 7) is 2.14. The molecule has 0 saturated carbocycles. The van der Waals surface area contributed by atoms with Crippen LogP contribution in [-0.2, 0) is 0 Å². The summed E-state index contributed by atoms with van der Waals surface area (Å²) in [7, 11) is 0. The summed E-state index contributed by atoms with van der Waals surface area (Å²) in [5.41, 5.74) is 2.37. The van der Waals surface area contributed by atoms with Crippen LogP contribution in [0.15, 0.2) is 36.4 Å². The molecular weight excluding hydrogens is 190 g/mol. The first-order valence-corrected chi connectivity index (χ1v) is 5.24. The fourth-order valence-electron chi connectivity index (χ4n) is 1.61. The molecule has 0 saturated heterocycles. The number of hydrogen-bond acceptors (Lipinski definition) is 1. The third-order valence-corrected chi connectivity index (χ3v) is 2.72. The van der Waals surface area contributed by atoms with Crippen molar-refractivity contribution in [3.8, 4) is 0 Å². The molecule has 0 amide bonds. The topological polar surface area (TPSA) is 12.0 Å². The molecule has 1 N–H and O–H groups in total. The Labute approximate surface area is 89.8 Å².